The summed E-state index contributed by atoms with van der Waals surface area (Å²) in [6.45, 7) is 2.53. The molecule has 0 radical (unpaired) electrons. The third kappa shape index (κ3) is 4.81. The van der Waals surface area contributed by atoms with Gasteiger partial charge in [0.25, 0.3) is 5.91 Å². The first kappa shape index (κ1) is 25.0. The van der Waals surface area contributed by atoms with Crippen LogP contribution in [-0.4, -0.2) is 57.6 Å². The van der Waals surface area contributed by atoms with Crippen molar-refractivity contribution in [3.05, 3.63) is 114 Å². The van der Waals surface area contributed by atoms with Gasteiger partial charge in [-0.05, 0) is 66.3 Å². The average Bonchev–Trinajstić information content (AvgIpc) is 3.64. The lowest BCUT2D eigenvalue weighted by Gasteiger charge is -2.30. The lowest BCUT2D eigenvalue weighted by atomic mass is 9.93. The largest absolute Gasteiger partial charge is 0.378 e. The number of benzene rings is 2. The monoisotopic (exact) mass is 543 g/mol. The Morgan fingerprint density at radius 2 is 1.88 bits per heavy atom. The zero-order valence-corrected chi connectivity index (χ0v) is 22.3. The van der Waals surface area contributed by atoms with E-state index in [9.17, 15) is 9.59 Å². The molecule has 3 heterocycles. The van der Waals surface area contributed by atoms with Crippen molar-refractivity contribution in [1.82, 2.24) is 19.5 Å². The molecule has 0 spiro atoms. The molecule has 2 aromatic carbocycles. The van der Waals surface area contributed by atoms with Crippen LogP contribution < -0.4 is 5.32 Å². The molecule has 2 aliphatic carbocycles. The van der Waals surface area contributed by atoms with E-state index in [-0.39, 0.29) is 19.2 Å². The summed E-state index contributed by atoms with van der Waals surface area (Å²) >= 11 is 0. The van der Waals surface area contributed by atoms with E-state index >= 15 is 0 Å². The van der Waals surface area contributed by atoms with Crippen LogP contribution in [0.4, 0.5) is 5.69 Å². The summed E-state index contributed by atoms with van der Waals surface area (Å²) in [6, 6.07) is 20.4. The van der Waals surface area contributed by atoms with Crippen molar-refractivity contribution in [2.24, 2.45) is 11.3 Å². The van der Waals surface area contributed by atoms with E-state index in [0.29, 0.717) is 48.9 Å². The molecule has 8 heteroatoms. The highest BCUT2D eigenvalue weighted by atomic mass is 16.5. The minimum Gasteiger partial charge on any atom is -0.378 e. The molecule has 41 heavy (non-hydrogen) atoms. The summed E-state index contributed by atoms with van der Waals surface area (Å²) in [6.07, 6.45) is 8.79. The Balaban J connectivity index is 0.00000316. The molecule has 1 aliphatic heterocycles. The number of amides is 2. The van der Waals surface area contributed by atoms with Gasteiger partial charge in [0.15, 0.2) is 5.65 Å². The normalized spacial score (nSPS) is 20.9. The Morgan fingerprint density at radius 3 is 2.71 bits per heavy atom. The lowest BCUT2D eigenvalue weighted by Crippen LogP contribution is -2.44. The molecule has 2 fully saturated rings. The van der Waals surface area contributed by atoms with Crippen LogP contribution in [-0.2, 0) is 9.53 Å². The third-order valence-corrected chi connectivity index (χ3v) is 7.85. The number of fused-ring (bicyclic) bond motifs is 2. The van der Waals surface area contributed by atoms with Crippen molar-refractivity contribution >= 4 is 28.7 Å². The van der Waals surface area contributed by atoms with Crippen molar-refractivity contribution in [3.63, 3.8) is 0 Å². The van der Waals surface area contributed by atoms with Crippen LogP contribution in [0.3, 0.4) is 0 Å². The molecule has 1 saturated heterocycles. The van der Waals surface area contributed by atoms with Crippen molar-refractivity contribution < 1.29 is 15.8 Å². The van der Waals surface area contributed by atoms with Crippen LogP contribution in [0.25, 0.3) is 11.2 Å². The van der Waals surface area contributed by atoms with E-state index < -0.39 is 5.41 Å². The van der Waals surface area contributed by atoms with Crippen LogP contribution in [0.15, 0.2) is 91.2 Å². The first-order valence-corrected chi connectivity index (χ1v) is 13.7. The first-order valence-electron chi connectivity index (χ1n) is 13.7. The zero-order valence-electron chi connectivity index (χ0n) is 22.3. The number of carbonyl (C=O) groups is 2. The van der Waals surface area contributed by atoms with E-state index in [1.807, 2.05) is 65.6 Å². The number of hydrogen-bond acceptors (Lipinski definition) is 5. The molecular weight excluding hydrogens is 514 g/mol. The van der Waals surface area contributed by atoms with Crippen LogP contribution in [0.5, 0.6) is 0 Å². The summed E-state index contributed by atoms with van der Waals surface area (Å²) < 4.78 is 7.15. The second kappa shape index (κ2) is 10.2. The summed E-state index contributed by atoms with van der Waals surface area (Å²) in [7, 11) is 0. The highest BCUT2D eigenvalue weighted by Gasteiger charge is 2.59. The molecule has 3 aliphatic rings. The number of nitrogens with one attached hydrogen (secondary N) is 1. The Hall–Kier alpha value is -5.00. The summed E-state index contributed by atoms with van der Waals surface area (Å²) in [4.78, 5) is 32.1. The van der Waals surface area contributed by atoms with Gasteiger partial charge in [-0.2, -0.15) is 5.10 Å². The van der Waals surface area contributed by atoms with Crippen LogP contribution in [0, 0.1) is 23.2 Å². The minimum atomic E-state index is -0.411. The molecule has 1 saturated carbocycles. The Morgan fingerprint density at radius 1 is 1.02 bits per heavy atom. The van der Waals surface area contributed by atoms with Gasteiger partial charge in [0.1, 0.15) is 5.69 Å². The topological polar surface area (TPSA) is 88.8 Å². The first-order chi connectivity index (χ1) is 20.1. The number of imidazole rings is 1. The number of rotatable bonds is 4. The Labute approximate surface area is 238 Å². The number of allylic oxidation sites excluding steroid dienone is 3. The predicted octanol–water partition coefficient (Wildman–Crippen LogP) is 4.45. The van der Waals surface area contributed by atoms with Gasteiger partial charge < -0.3 is 15.0 Å². The second-order valence-electron chi connectivity index (χ2n) is 10.5. The molecule has 2 amide bonds. The molecule has 7 rings (SSSR count). The molecule has 2 unspecified atom stereocenters. The number of ether oxygens (including phenoxy) is 1. The molecule has 2 aromatic heterocycles. The van der Waals surface area contributed by atoms with Gasteiger partial charge in [0, 0.05) is 31.3 Å². The summed E-state index contributed by atoms with van der Waals surface area (Å²) in [5, 5.41) is 7.76. The number of hydrogen-bond donors (Lipinski definition) is 1. The smallest absolute Gasteiger partial charge is 0.255 e. The van der Waals surface area contributed by atoms with Gasteiger partial charge in [0.2, 0.25) is 5.91 Å². The van der Waals surface area contributed by atoms with Crippen molar-refractivity contribution in [2.45, 2.75) is 6.42 Å². The average molecular weight is 544 g/mol. The third-order valence-electron chi connectivity index (χ3n) is 7.85. The van der Waals surface area contributed by atoms with Crippen LogP contribution in [0.1, 0.15) is 35.2 Å². The second-order valence-corrected chi connectivity index (χ2v) is 10.5. The Kier molecular flexibility index (Phi) is 6.22. The zero-order chi connectivity index (χ0) is 27.8. The maximum absolute atomic E-state index is 13.2. The number of carbonyl (C=O) groups excluding carboxylic acids is 2. The molecule has 4 aromatic rings. The van der Waals surface area contributed by atoms with E-state index in [2.05, 4.69) is 34.3 Å². The Bertz CT molecular complexity index is 1800. The molecule has 0 bridgehead atoms. The number of aromatic nitrogens is 3. The fraction of sp³-hybridized carbons (Fsp3) is 0.212. The molecule has 2 atom stereocenters. The fourth-order valence-corrected chi connectivity index (χ4v) is 5.48. The molecule has 1 N–H and O–H groups in total. The van der Waals surface area contributed by atoms with E-state index in [4.69, 9.17) is 9.84 Å². The number of morpholine rings is 1. The van der Waals surface area contributed by atoms with Gasteiger partial charge in [-0.3, -0.25) is 9.59 Å². The van der Waals surface area contributed by atoms with Gasteiger partial charge in [-0.15, -0.1) is 0 Å². The highest BCUT2D eigenvalue weighted by molar-refractivity contribution is 6.04. The van der Waals surface area contributed by atoms with Gasteiger partial charge >= 0.3 is 0 Å². The maximum Gasteiger partial charge on any atom is 0.255 e. The quantitative estimate of drug-likeness (QED) is 0.385. The fourth-order valence-electron chi connectivity index (χ4n) is 5.48. The van der Waals surface area contributed by atoms with Crippen molar-refractivity contribution in [3.8, 4) is 11.8 Å². The van der Waals surface area contributed by atoms with Gasteiger partial charge in [0.05, 0.1) is 30.5 Å². The molecular formula is C33H29N5O3. The predicted molar refractivity (Wildman–Crippen MR) is 157 cm³/mol. The lowest BCUT2D eigenvalue weighted by molar-refractivity contribution is -0.139. The standard InChI is InChI=1S/C33H27N5O3.H2/c39-31(24-6-2-1-3-7-24)35-27-8-4-5-23(19-27)9-10-28-22-34-30-12-11-29(36-38(28)30)25-13-14-33(21-26(33)20-25)32(40)37-15-17-41-18-16-37;/h1-8,11-14,19-20,22,26H,15-18,21H2,(H,35,39);1H. The van der Waals surface area contributed by atoms with E-state index in [0.717, 1.165) is 23.3 Å². The van der Waals surface area contributed by atoms with Crippen LogP contribution in [0.2, 0.25) is 0 Å². The van der Waals surface area contributed by atoms with E-state index in [1.165, 1.54) is 0 Å². The van der Waals surface area contributed by atoms with Gasteiger partial charge in [-0.1, -0.05) is 48.4 Å². The van der Waals surface area contributed by atoms with E-state index in [1.54, 1.807) is 22.8 Å². The number of anilines is 1. The van der Waals surface area contributed by atoms with Crippen molar-refractivity contribution in [1.29, 1.82) is 0 Å². The van der Waals surface area contributed by atoms with Crippen LogP contribution >= 0.6 is 0 Å². The molecule has 8 nitrogen and oxygen atoms in total. The molecule has 204 valence electrons. The van der Waals surface area contributed by atoms with Crippen molar-refractivity contribution in [2.75, 3.05) is 31.6 Å². The summed E-state index contributed by atoms with van der Waals surface area (Å²) in [5.41, 5.74) is 4.77. The summed E-state index contributed by atoms with van der Waals surface area (Å²) in [5.74, 6) is 6.57. The maximum atomic E-state index is 13.2. The van der Waals surface area contributed by atoms with Gasteiger partial charge in [-0.25, -0.2) is 9.50 Å². The highest BCUT2D eigenvalue weighted by Crippen LogP contribution is 2.59. The SMILES string of the molecule is O=C(Nc1cccc(C#Cc2cnc3ccc(C4=CC5CC5(C(=O)N5CCOCC5)C=C4)nn23)c1)c1ccccc1.[HH]. The number of nitrogens with zero attached hydrogens (tertiary/aromatic N) is 4. The minimum absolute atomic E-state index is 0.